The van der Waals surface area contributed by atoms with E-state index >= 15 is 0 Å². The van der Waals surface area contributed by atoms with E-state index in [1.54, 1.807) is 0 Å². The molecule has 0 spiro atoms. The summed E-state index contributed by atoms with van der Waals surface area (Å²) in [6.07, 6.45) is 1.75. The van der Waals surface area contributed by atoms with Gasteiger partial charge in [0, 0.05) is 30.5 Å². The number of rotatable bonds is 4. The summed E-state index contributed by atoms with van der Waals surface area (Å²) in [6.45, 7) is 16.1. The monoisotopic (exact) mass is 239 g/mol. The number of ether oxygens (including phenoxy) is 1. The van der Waals surface area contributed by atoms with Gasteiger partial charge in [0.15, 0.2) is 0 Å². The van der Waals surface area contributed by atoms with Gasteiger partial charge in [-0.1, -0.05) is 41.5 Å². The second-order valence-electron chi connectivity index (χ2n) is 7.57. The first kappa shape index (κ1) is 13.4. The summed E-state index contributed by atoms with van der Waals surface area (Å²) >= 11 is 0. The lowest BCUT2D eigenvalue weighted by molar-refractivity contribution is -0.114. The SMILES string of the molecule is CC(C)C(C)(C)CNC1C2CCOC2C1(C)C. The van der Waals surface area contributed by atoms with Crippen LogP contribution in [0.2, 0.25) is 0 Å². The van der Waals surface area contributed by atoms with Crippen LogP contribution in [0.15, 0.2) is 0 Å². The van der Waals surface area contributed by atoms with Gasteiger partial charge in [0.2, 0.25) is 0 Å². The normalized spacial score (nSPS) is 35.8. The van der Waals surface area contributed by atoms with Crippen molar-refractivity contribution in [2.75, 3.05) is 13.2 Å². The molecule has 1 heterocycles. The van der Waals surface area contributed by atoms with E-state index in [0.717, 1.165) is 19.1 Å². The Hall–Kier alpha value is -0.0800. The van der Waals surface area contributed by atoms with Gasteiger partial charge < -0.3 is 10.1 Å². The van der Waals surface area contributed by atoms with Gasteiger partial charge in [0.1, 0.15) is 0 Å². The molecule has 2 aliphatic rings. The first-order valence-electron chi connectivity index (χ1n) is 7.12. The molecule has 100 valence electrons. The minimum atomic E-state index is 0.314. The lowest BCUT2D eigenvalue weighted by Gasteiger charge is -2.55. The molecule has 0 aromatic heterocycles. The average Bonchev–Trinajstić information content (AvgIpc) is 2.63. The van der Waals surface area contributed by atoms with E-state index in [4.69, 9.17) is 4.74 Å². The van der Waals surface area contributed by atoms with Gasteiger partial charge in [0.25, 0.3) is 0 Å². The van der Waals surface area contributed by atoms with Crippen molar-refractivity contribution in [2.45, 2.75) is 60.1 Å². The smallest absolute Gasteiger partial charge is 0.0685 e. The van der Waals surface area contributed by atoms with Crippen molar-refractivity contribution in [3.63, 3.8) is 0 Å². The number of hydrogen-bond donors (Lipinski definition) is 1. The van der Waals surface area contributed by atoms with Crippen LogP contribution in [-0.2, 0) is 4.74 Å². The summed E-state index contributed by atoms with van der Waals surface area (Å²) < 4.78 is 5.84. The van der Waals surface area contributed by atoms with E-state index in [1.165, 1.54) is 6.42 Å². The van der Waals surface area contributed by atoms with Crippen LogP contribution in [0.3, 0.4) is 0 Å². The summed E-state index contributed by atoms with van der Waals surface area (Å²) in [5.41, 5.74) is 0.689. The average molecular weight is 239 g/mol. The summed E-state index contributed by atoms with van der Waals surface area (Å²) in [4.78, 5) is 0. The summed E-state index contributed by atoms with van der Waals surface area (Å²) in [5.74, 6) is 1.47. The molecule has 2 nitrogen and oxygen atoms in total. The molecule has 17 heavy (non-hydrogen) atoms. The lowest BCUT2D eigenvalue weighted by Crippen LogP contribution is -2.66. The van der Waals surface area contributed by atoms with Gasteiger partial charge in [-0.3, -0.25) is 0 Å². The fraction of sp³-hybridized carbons (Fsp3) is 1.00. The van der Waals surface area contributed by atoms with Crippen molar-refractivity contribution < 1.29 is 4.74 Å². The van der Waals surface area contributed by atoms with E-state index in [1.807, 2.05) is 0 Å². The highest BCUT2D eigenvalue weighted by Crippen LogP contribution is 2.52. The van der Waals surface area contributed by atoms with E-state index in [2.05, 4.69) is 46.9 Å². The maximum atomic E-state index is 5.84. The van der Waals surface area contributed by atoms with Crippen molar-refractivity contribution in [3.05, 3.63) is 0 Å². The van der Waals surface area contributed by atoms with E-state index < -0.39 is 0 Å². The molecule has 1 aliphatic carbocycles. The largest absolute Gasteiger partial charge is 0.377 e. The second kappa shape index (κ2) is 4.24. The maximum Gasteiger partial charge on any atom is 0.0685 e. The molecule has 0 aromatic rings. The van der Waals surface area contributed by atoms with Gasteiger partial charge in [-0.25, -0.2) is 0 Å². The van der Waals surface area contributed by atoms with Crippen molar-refractivity contribution >= 4 is 0 Å². The Balaban J connectivity index is 1.92. The quantitative estimate of drug-likeness (QED) is 0.814. The molecule has 2 rings (SSSR count). The zero-order valence-corrected chi connectivity index (χ0v) is 12.3. The van der Waals surface area contributed by atoms with Crippen molar-refractivity contribution in [1.82, 2.24) is 5.32 Å². The predicted octanol–water partition coefficient (Wildman–Crippen LogP) is 3.07. The Bertz CT molecular complexity index is 283. The second-order valence-corrected chi connectivity index (χ2v) is 7.57. The van der Waals surface area contributed by atoms with Gasteiger partial charge in [0.05, 0.1) is 6.10 Å². The molecule has 2 fully saturated rings. The zero-order valence-electron chi connectivity index (χ0n) is 12.3. The van der Waals surface area contributed by atoms with Crippen LogP contribution in [0.4, 0.5) is 0 Å². The topological polar surface area (TPSA) is 21.3 Å². The fourth-order valence-electron chi connectivity index (χ4n) is 3.32. The Labute approximate surface area is 107 Å². The molecule has 1 saturated heterocycles. The van der Waals surface area contributed by atoms with Gasteiger partial charge in [-0.15, -0.1) is 0 Å². The maximum absolute atomic E-state index is 5.84. The Morgan fingerprint density at radius 1 is 1.35 bits per heavy atom. The van der Waals surface area contributed by atoms with Crippen LogP contribution in [0.5, 0.6) is 0 Å². The van der Waals surface area contributed by atoms with Gasteiger partial charge in [-0.2, -0.15) is 0 Å². The zero-order chi connectivity index (χ0) is 12.8. The van der Waals surface area contributed by atoms with Crippen LogP contribution in [0.1, 0.15) is 48.0 Å². The number of hydrogen-bond acceptors (Lipinski definition) is 2. The molecule has 3 unspecified atom stereocenters. The number of fused-ring (bicyclic) bond motifs is 1. The Morgan fingerprint density at radius 2 is 2.00 bits per heavy atom. The third-order valence-corrected chi connectivity index (χ3v) is 5.44. The summed E-state index contributed by atoms with van der Waals surface area (Å²) in [6, 6.07) is 0.646. The molecule has 0 amide bonds. The highest BCUT2D eigenvalue weighted by molar-refractivity contribution is 5.11. The molecule has 1 aliphatic heterocycles. The molecule has 3 atom stereocenters. The van der Waals surface area contributed by atoms with E-state index in [9.17, 15) is 0 Å². The van der Waals surface area contributed by atoms with Crippen LogP contribution >= 0.6 is 0 Å². The minimum Gasteiger partial charge on any atom is -0.377 e. The van der Waals surface area contributed by atoms with E-state index in [0.29, 0.717) is 28.9 Å². The molecule has 0 bridgehead atoms. The molecule has 0 aromatic carbocycles. The standard InChI is InChI=1S/C15H29NO/c1-10(2)14(3,4)9-16-12-11-7-8-17-13(11)15(12,5)6/h10-13,16H,7-9H2,1-6H3. The van der Waals surface area contributed by atoms with Gasteiger partial charge in [-0.05, 0) is 17.8 Å². The van der Waals surface area contributed by atoms with Crippen molar-refractivity contribution in [1.29, 1.82) is 0 Å². The Morgan fingerprint density at radius 3 is 2.59 bits per heavy atom. The minimum absolute atomic E-state index is 0.314. The summed E-state index contributed by atoms with van der Waals surface area (Å²) in [5, 5.41) is 3.82. The Kier molecular flexibility index (Phi) is 3.33. The molecule has 0 radical (unpaired) electrons. The summed E-state index contributed by atoms with van der Waals surface area (Å²) in [7, 11) is 0. The molecule has 2 heteroatoms. The fourth-order valence-corrected chi connectivity index (χ4v) is 3.32. The third kappa shape index (κ3) is 2.15. The first-order valence-corrected chi connectivity index (χ1v) is 7.12. The van der Waals surface area contributed by atoms with Crippen LogP contribution in [0, 0.1) is 22.7 Å². The predicted molar refractivity (Wildman–Crippen MR) is 72.0 cm³/mol. The van der Waals surface area contributed by atoms with Gasteiger partial charge >= 0.3 is 0 Å². The molecule has 1 saturated carbocycles. The van der Waals surface area contributed by atoms with Crippen LogP contribution in [-0.4, -0.2) is 25.3 Å². The van der Waals surface area contributed by atoms with Crippen LogP contribution < -0.4 is 5.32 Å². The molecule has 1 N–H and O–H groups in total. The molecular formula is C15H29NO. The first-order chi connectivity index (χ1) is 7.77. The highest BCUT2D eigenvalue weighted by Gasteiger charge is 2.59. The third-order valence-electron chi connectivity index (χ3n) is 5.44. The van der Waals surface area contributed by atoms with E-state index in [-0.39, 0.29) is 0 Å². The van der Waals surface area contributed by atoms with Crippen LogP contribution in [0.25, 0.3) is 0 Å². The van der Waals surface area contributed by atoms with Crippen molar-refractivity contribution in [2.24, 2.45) is 22.7 Å². The number of nitrogens with one attached hydrogen (secondary N) is 1. The lowest BCUT2D eigenvalue weighted by atomic mass is 9.57. The highest BCUT2D eigenvalue weighted by atomic mass is 16.5. The molecular weight excluding hydrogens is 210 g/mol. The van der Waals surface area contributed by atoms with Crippen molar-refractivity contribution in [3.8, 4) is 0 Å².